The third-order valence-electron chi connectivity index (χ3n) is 3.17. The molecule has 0 bridgehead atoms. The third kappa shape index (κ3) is 2.41. The van der Waals surface area contributed by atoms with Crippen LogP contribution < -0.4 is 10.2 Å². The Bertz CT molecular complexity index is 427. The van der Waals surface area contributed by atoms with Crippen LogP contribution in [-0.4, -0.2) is 36.9 Å². The van der Waals surface area contributed by atoms with Gasteiger partial charge in [-0.15, -0.1) is 0 Å². The second-order valence-corrected chi connectivity index (χ2v) is 4.41. The highest BCUT2D eigenvalue weighted by Crippen LogP contribution is 2.22. The summed E-state index contributed by atoms with van der Waals surface area (Å²) in [6.45, 7) is 3.91. The molecule has 1 aromatic carbocycles. The van der Waals surface area contributed by atoms with Gasteiger partial charge < -0.3 is 15.3 Å². The summed E-state index contributed by atoms with van der Waals surface area (Å²) in [4.78, 5) is 2.19. The molecule has 0 aliphatic carbocycles. The summed E-state index contributed by atoms with van der Waals surface area (Å²) in [5.74, 6) is 0. The van der Waals surface area contributed by atoms with Crippen molar-refractivity contribution < 1.29 is 5.11 Å². The monoisotopic (exact) mass is 231 g/mol. The Morgan fingerprint density at radius 2 is 2.35 bits per heavy atom. The van der Waals surface area contributed by atoms with Crippen molar-refractivity contribution in [1.82, 2.24) is 5.32 Å². The first-order valence-electron chi connectivity index (χ1n) is 5.86. The lowest BCUT2D eigenvalue weighted by atomic mass is 10.1. The molecule has 4 nitrogen and oxygen atoms in total. The zero-order chi connectivity index (χ0) is 12.3. The average Bonchev–Trinajstić information content (AvgIpc) is 2.38. The van der Waals surface area contributed by atoms with Crippen molar-refractivity contribution >= 4 is 5.69 Å². The number of nitriles is 1. The Kier molecular flexibility index (Phi) is 3.62. The number of nitrogens with zero attached hydrogens (tertiary/aromatic N) is 2. The molecule has 4 heteroatoms. The first-order chi connectivity index (χ1) is 8.26. The first kappa shape index (κ1) is 11.9. The van der Waals surface area contributed by atoms with E-state index >= 15 is 0 Å². The summed E-state index contributed by atoms with van der Waals surface area (Å²) in [5.41, 5.74) is 1.67. The van der Waals surface area contributed by atoms with E-state index in [1.165, 1.54) is 0 Å². The third-order valence-corrected chi connectivity index (χ3v) is 3.17. The van der Waals surface area contributed by atoms with E-state index in [4.69, 9.17) is 5.26 Å². The van der Waals surface area contributed by atoms with Gasteiger partial charge in [-0.2, -0.15) is 5.26 Å². The van der Waals surface area contributed by atoms with Gasteiger partial charge in [0.2, 0.25) is 0 Å². The lowest BCUT2D eigenvalue weighted by molar-refractivity contribution is 0.235. The van der Waals surface area contributed by atoms with E-state index in [9.17, 15) is 5.11 Å². The van der Waals surface area contributed by atoms with Crippen LogP contribution in [0.15, 0.2) is 24.3 Å². The minimum Gasteiger partial charge on any atom is -0.394 e. The molecule has 1 heterocycles. The number of nitrogens with one attached hydrogen (secondary N) is 1. The quantitative estimate of drug-likeness (QED) is 0.787. The Morgan fingerprint density at radius 3 is 3.06 bits per heavy atom. The van der Waals surface area contributed by atoms with Crippen molar-refractivity contribution in [2.45, 2.75) is 19.0 Å². The van der Waals surface area contributed by atoms with Gasteiger partial charge in [-0.25, -0.2) is 0 Å². The van der Waals surface area contributed by atoms with Crippen molar-refractivity contribution in [3.8, 4) is 6.07 Å². The largest absolute Gasteiger partial charge is 0.394 e. The number of rotatable bonds is 2. The lowest BCUT2D eigenvalue weighted by Gasteiger charge is -2.42. The molecule has 1 aliphatic rings. The topological polar surface area (TPSA) is 59.3 Å². The van der Waals surface area contributed by atoms with Crippen LogP contribution >= 0.6 is 0 Å². The van der Waals surface area contributed by atoms with Gasteiger partial charge >= 0.3 is 0 Å². The average molecular weight is 231 g/mol. The molecule has 0 amide bonds. The zero-order valence-electron chi connectivity index (χ0n) is 9.93. The molecule has 2 atom stereocenters. The number of hydrogen-bond acceptors (Lipinski definition) is 4. The summed E-state index contributed by atoms with van der Waals surface area (Å²) in [5, 5.41) is 21.6. The van der Waals surface area contributed by atoms with E-state index in [0.29, 0.717) is 11.6 Å². The highest BCUT2D eigenvalue weighted by atomic mass is 16.3. The van der Waals surface area contributed by atoms with Crippen LogP contribution in [0.3, 0.4) is 0 Å². The summed E-state index contributed by atoms with van der Waals surface area (Å²) in [7, 11) is 0. The molecule has 0 spiro atoms. The number of benzene rings is 1. The van der Waals surface area contributed by atoms with E-state index in [2.05, 4.69) is 23.2 Å². The molecule has 17 heavy (non-hydrogen) atoms. The van der Waals surface area contributed by atoms with Crippen LogP contribution in [0, 0.1) is 11.3 Å². The standard InChI is InChI=1S/C13H17N3O/c1-10-7-15-8-13(9-17)16(10)12-4-2-3-11(5-12)6-14/h2-5,10,13,15,17H,7-9H2,1H3. The number of aliphatic hydroxyl groups excluding tert-OH is 1. The molecule has 1 saturated heterocycles. The van der Waals surface area contributed by atoms with Crippen molar-refractivity contribution in [1.29, 1.82) is 5.26 Å². The smallest absolute Gasteiger partial charge is 0.0992 e. The zero-order valence-corrected chi connectivity index (χ0v) is 9.93. The van der Waals surface area contributed by atoms with Gasteiger partial charge in [0.1, 0.15) is 0 Å². The van der Waals surface area contributed by atoms with E-state index in [1.807, 2.05) is 18.2 Å². The van der Waals surface area contributed by atoms with Crippen LogP contribution in [0.5, 0.6) is 0 Å². The van der Waals surface area contributed by atoms with Gasteiger partial charge in [0.05, 0.1) is 24.3 Å². The summed E-state index contributed by atoms with van der Waals surface area (Å²) >= 11 is 0. The molecule has 0 radical (unpaired) electrons. The molecule has 2 rings (SSSR count). The highest BCUT2D eigenvalue weighted by molar-refractivity contribution is 5.53. The van der Waals surface area contributed by atoms with Crippen molar-refractivity contribution in [3.63, 3.8) is 0 Å². The van der Waals surface area contributed by atoms with Crippen molar-refractivity contribution in [3.05, 3.63) is 29.8 Å². The molecule has 0 aromatic heterocycles. The van der Waals surface area contributed by atoms with Gasteiger partial charge in [-0.05, 0) is 25.1 Å². The Labute approximate surface area is 101 Å². The molecule has 1 aliphatic heterocycles. The van der Waals surface area contributed by atoms with Crippen LogP contribution in [0.2, 0.25) is 0 Å². The second-order valence-electron chi connectivity index (χ2n) is 4.41. The lowest BCUT2D eigenvalue weighted by Crippen LogP contribution is -2.58. The molecule has 0 saturated carbocycles. The predicted octanol–water partition coefficient (Wildman–Crippen LogP) is 0.717. The first-order valence-corrected chi connectivity index (χ1v) is 5.86. The van der Waals surface area contributed by atoms with Crippen molar-refractivity contribution in [2.75, 3.05) is 24.6 Å². The second kappa shape index (κ2) is 5.17. The number of piperazine rings is 1. The Balaban J connectivity index is 2.31. The molecular weight excluding hydrogens is 214 g/mol. The number of aliphatic hydroxyl groups is 1. The van der Waals surface area contributed by atoms with Gasteiger partial charge in [-0.1, -0.05) is 6.07 Å². The maximum Gasteiger partial charge on any atom is 0.0992 e. The minimum absolute atomic E-state index is 0.0766. The van der Waals surface area contributed by atoms with Gasteiger partial charge in [-0.3, -0.25) is 0 Å². The fourth-order valence-corrected chi connectivity index (χ4v) is 2.37. The maximum absolute atomic E-state index is 9.42. The SMILES string of the molecule is CC1CNCC(CO)N1c1cccc(C#N)c1. The maximum atomic E-state index is 9.42. The molecule has 90 valence electrons. The van der Waals surface area contributed by atoms with Gasteiger partial charge in [0, 0.05) is 24.8 Å². The fraction of sp³-hybridized carbons (Fsp3) is 0.462. The molecular formula is C13H17N3O. The van der Waals surface area contributed by atoms with Gasteiger partial charge in [0.15, 0.2) is 0 Å². The molecule has 1 fully saturated rings. The molecule has 1 aromatic rings. The van der Waals surface area contributed by atoms with Crippen LogP contribution in [0.1, 0.15) is 12.5 Å². The molecule has 2 unspecified atom stereocenters. The Hall–Kier alpha value is -1.57. The van der Waals surface area contributed by atoms with Crippen LogP contribution in [-0.2, 0) is 0 Å². The van der Waals surface area contributed by atoms with Crippen molar-refractivity contribution in [2.24, 2.45) is 0 Å². The predicted molar refractivity (Wildman–Crippen MR) is 66.8 cm³/mol. The van der Waals surface area contributed by atoms with E-state index in [0.717, 1.165) is 18.8 Å². The van der Waals surface area contributed by atoms with Gasteiger partial charge in [0.25, 0.3) is 0 Å². The highest BCUT2D eigenvalue weighted by Gasteiger charge is 2.27. The Morgan fingerprint density at radius 1 is 1.53 bits per heavy atom. The van der Waals surface area contributed by atoms with E-state index in [1.54, 1.807) is 6.07 Å². The van der Waals surface area contributed by atoms with E-state index in [-0.39, 0.29) is 12.6 Å². The van der Waals surface area contributed by atoms with Crippen LogP contribution in [0.4, 0.5) is 5.69 Å². The van der Waals surface area contributed by atoms with E-state index < -0.39 is 0 Å². The summed E-state index contributed by atoms with van der Waals surface area (Å²) in [6, 6.07) is 10.1. The normalized spacial score (nSPS) is 24.4. The van der Waals surface area contributed by atoms with Crippen LogP contribution in [0.25, 0.3) is 0 Å². The summed E-state index contributed by atoms with van der Waals surface area (Å²) < 4.78 is 0. The number of hydrogen-bond donors (Lipinski definition) is 2. The minimum atomic E-state index is 0.0766. The number of anilines is 1. The summed E-state index contributed by atoms with van der Waals surface area (Å²) in [6.07, 6.45) is 0. The fourth-order valence-electron chi connectivity index (χ4n) is 2.37. The molecule has 2 N–H and O–H groups in total.